The number of para-hydroxylation sites is 1. The second-order valence-electron chi connectivity index (χ2n) is 3.26. The number of anilines is 1. The van der Waals surface area contributed by atoms with Gasteiger partial charge in [-0.15, -0.1) is 0 Å². The molecule has 0 bridgehead atoms. The van der Waals surface area contributed by atoms with E-state index in [0.717, 1.165) is 13.0 Å². The van der Waals surface area contributed by atoms with E-state index in [1.165, 1.54) is 11.3 Å². The zero-order valence-electron chi connectivity index (χ0n) is 9.17. The van der Waals surface area contributed by atoms with Crippen LogP contribution < -0.4 is 15.8 Å². The largest absolute Gasteiger partial charge is 0.319 e. The Balaban J connectivity index is 2.79. The minimum atomic E-state index is 1.01. The number of nitrogens with zero attached hydrogens (tertiary/aromatic N) is 1. The molecule has 1 aromatic rings. The molecule has 0 aromatic heterocycles. The van der Waals surface area contributed by atoms with Gasteiger partial charge in [-0.3, -0.25) is 0 Å². The molecule has 0 spiro atoms. The van der Waals surface area contributed by atoms with E-state index in [-0.39, 0.29) is 0 Å². The molecule has 0 fully saturated rings. The summed E-state index contributed by atoms with van der Waals surface area (Å²) in [6, 6.07) is 8.44. The smallest absolute Gasteiger partial charge is 0.0548 e. The molecule has 1 rings (SSSR count). The molecule has 14 heavy (non-hydrogen) atoms. The van der Waals surface area contributed by atoms with Crippen molar-refractivity contribution in [1.82, 2.24) is 10.7 Å². The van der Waals surface area contributed by atoms with Gasteiger partial charge in [0.1, 0.15) is 0 Å². The van der Waals surface area contributed by atoms with Gasteiger partial charge in [-0.2, -0.15) is 0 Å². The highest BCUT2D eigenvalue weighted by atomic mass is 15.5. The topological polar surface area (TPSA) is 27.3 Å². The standard InChI is InChI=1S/C11H19N3/c1-12-9-8-10-6-4-5-7-11(10)14(3)13-2/h4-7,12-13H,8-9H2,1-3H3. The molecule has 0 atom stereocenters. The zero-order valence-corrected chi connectivity index (χ0v) is 9.17. The summed E-state index contributed by atoms with van der Waals surface area (Å²) in [6.07, 6.45) is 1.05. The Morgan fingerprint density at radius 1 is 1.21 bits per heavy atom. The predicted molar refractivity (Wildman–Crippen MR) is 61.5 cm³/mol. The van der Waals surface area contributed by atoms with E-state index in [9.17, 15) is 0 Å². The minimum absolute atomic E-state index is 1.01. The maximum absolute atomic E-state index is 3.16. The van der Waals surface area contributed by atoms with E-state index >= 15 is 0 Å². The zero-order chi connectivity index (χ0) is 10.4. The quantitative estimate of drug-likeness (QED) is 0.684. The van der Waals surface area contributed by atoms with Crippen molar-refractivity contribution >= 4 is 5.69 Å². The normalized spacial score (nSPS) is 10.2. The summed E-state index contributed by atoms with van der Waals surface area (Å²) < 4.78 is 0. The van der Waals surface area contributed by atoms with Crippen LogP contribution in [0.3, 0.4) is 0 Å². The van der Waals surface area contributed by atoms with Crippen molar-refractivity contribution in [3.8, 4) is 0 Å². The summed E-state index contributed by atoms with van der Waals surface area (Å²) >= 11 is 0. The van der Waals surface area contributed by atoms with Crippen molar-refractivity contribution in [1.29, 1.82) is 0 Å². The fraction of sp³-hybridized carbons (Fsp3) is 0.455. The van der Waals surface area contributed by atoms with E-state index in [1.54, 1.807) is 0 Å². The lowest BCUT2D eigenvalue weighted by Crippen LogP contribution is -2.31. The third kappa shape index (κ3) is 2.72. The fourth-order valence-electron chi connectivity index (χ4n) is 1.43. The second-order valence-corrected chi connectivity index (χ2v) is 3.26. The van der Waals surface area contributed by atoms with E-state index in [0.29, 0.717) is 0 Å². The third-order valence-corrected chi connectivity index (χ3v) is 2.33. The van der Waals surface area contributed by atoms with Gasteiger partial charge in [0, 0.05) is 14.1 Å². The molecule has 2 N–H and O–H groups in total. The fourth-order valence-corrected chi connectivity index (χ4v) is 1.43. The summed E-state index contributed by atoms with van der Waals surface area (Å²) in [6.45, 7) is 1.01. The van der Waals surface area contributed by atoms with E-state index in [4.69, 9.17) is 0 Å². The monoisotopic (exact) mass is 193 g/mol. The molecule has 0 saturated heterocycles. The molecule has 0 amide bonds. The molecule has 0 unspecified atom stereocenters. The summed E-state index contributed by atoms with van der Waals surface area (Å²) in [7, 11) is 5.93. The lowest BCUT2D eigenvalue weighted by Gasteiger charge is -2.21. The Labute approximate surface area is 86.1 Å². The lowest BCUT2D eigenvalue weighted by molar-refractivity contribution is 0.761. The van der Waals surface area contributed by atoms with Crippen molar-refractivity contribution in [3.05, 3.63) is 29.8 Å². The Morgan fingerprint density at radius 3 is 2.57 bits per heavy atom. The van der Waals surface area contributed by atoms with Crippen LogP contribution in [-0.2, 0) is 6.42 Å². The van der Waals surface area contributed by atoms with Gasteiger partial charge >= 0.3 is 0 Å². The van der Waals surface area contributed by atoms with E-state index < -0.39 is 0 Å². The highest BCUT2D eigenvalue weighted by molar-refractivity contribution is 5.52. The highest BCUT2D eigenvalue weighted by Crippen LogP contribution is 2.17. The van der Waals surface area contributed by atoms with Crippen molar-refractivity contribution in [2.45, 2.75) is 6.42 Å². The molecule has 0 saturated carbocycles. The van der Waals surface area contributed by atoms with Gasteiger partial charge in [0.05, 0.1) is 5.69 Å². The molecule has 0 aliphatic carbocycles. The van der Waals surface area contributed by atoms with Crippen molar-refractivity contribution in [3.63, 3.8) is 0 Å². The molecule has 0 heterocycles. The molecule has 0 aliphatic heterocycles. The van der Waals surface area contributed by atoms with Crippen LogP contribution in [0.4, 0.5) is 5.69 Å². The molecule has 1 aromatic carbocycles. The van der Waals surface area contributed by atoms with Gasteiger partial charge in [0.25, 0.3) is 0 Å². The van der Waals surface area contributed by atoms with E-state index in [2.05, 4.69) is 35.0 Å². The van der Waals surface area contributed by atoms with Gasteiger partial charge in [-0.05, 0) is 31.6 Å². The number of benzene rings is 1. The van der Waals surface area contributed by atoms with Gasteiger partial charge < -0.3 is 10.3 Å². The van der Waals surface area contributed by atoms with Crippen LogP contribution in [0.15, 0.2) is 24.3 Å². The SMILES string of the molecule is CNCCc1ccccc1N(C)NC. The molecular weight excluding hydrogens is 174 g/mol. The molecule has 78 valence electrons. The maximum atomic E-state index is 3.16. The number of nitrogens with one attached hydrogen (secondary N) is 2. The van der Waals surface area contributed by atoms with Gasteiger partial charge in [-0.1, -0.05) is 18.2 Å². The molecular formula is C11H19N3. The lowest BCUT2D eigenvalue weighted by atomic mass is 10.1. The van der Waals surface area contributed by atoms with Gasteiger partial charge in [0.15, 0.2) is 0 Å². The van der Waals surface area contributed by atoms with Crippen LogP contribution in [0.5, 0.6) is 0 Å². The molecule has 3 nitrogen and oxygen atoms in total. The average molecular weight is 193 g/mol. The van der Waals surface area contributed by atoms with Gasteiger partial charge in [0.2, 0.25) is 0 Å². The van der Waals surface area contributed by atoms with Crippen molar-refractivity contribution < 1.29 is 0 Å². The van der Waals surface area contributed by atoms with Crippen molar-refractivity contribution in [2.24, 2.45) is 0 Å². The first-order valence-electron chi connectivity index (χ1n) is 4.93. The highest BCUT2D eigenvalue weighted by Gasteiger charge is 2.03. The number of hydrogen-bond donors (Lipinski definition) is 2. The minimum Gasteiger partial charge on any atom is -0.319 e. The first-order valence-corrected chi connectivity index (χ1v) is 4.93. The number of hydrogen-bond acceptors (Lipinski definition) is 3. The molecule has 3 heteroatoms. The summed E-state index contributed by atoms with van der Waals surface area (Å²) in [5.74, 6) is 0. The summed E-state index contributed by atoms with van der Waals surface area (Å²) in [5, 5.41) is 5.19. The van der Waals surface area contributed by atoms with Gasteiger partial charge in [-0.25, -0.2) is 5.43 Å². The summed E-state index contributed by atoms with van der Waals surface area (Å²) in [5.41, 5.74) is 5.71. The number of rotatable bonds is 5. The van der Waals surface area contributed by atoms with Crippen molar-refractivity contribution in [2.75, 3.05) is 32.7 Å². The first kappa shape index (κ1) is 11.0. The Bertz CT molecular complexity index is 273. The Kier molecular flexibility index (Phi) is 4.43. The number of hydrazine groups is 1. The Morgan fingerprint density at radius 2 is 1.93 bits per heavy atom. The molecule has 0 radical (unpaired) electrons. The van der Waals surface area contributed by atoms with Crippen LogP contribution >= 0.6 is 0 Å². The third-order valence-electron chi connectivity index (χ3n) is 2.33. The average Bonchev–Trinajstić information content (AvgIpc) is 2.25. The maximum Gasteiger partial charge on any atom is 0.0548 e. The second kappa shape index (κ2) is 5.62. The summed E-state index contributed by atoms with van der Waals surface area (Å²) in [4.78, 5) is 0. The number of likely N-dealkylation sites (N-methyl/N-ethyl adjacent to an activating group) is 1. The van der Waals surface area contributed by atoms with E-state index in [1.807, 2.05) is 26.2 Å². The van der Waals surface area contributed by atoms with Crippen LogP contribution in [0, 0.1) is 0 Å². The first-order chi connectivity index (χ1) is 6.79. The molecule has 0 aliphatic rings. The van der Waals surface area contributed by atoms with Crippen LogP contribution in [0.1, 0.15) is 5.56 Å². The van der Waals surface area contributed by atoms with Crippen LogP contribution in [-0.4, -0.2) is 27.7 Å². The van der Waals surface area contributed by atoms with Crippen LogP contribution in [0.25, 0.3) is 0 Å². The van der Waals surface area contributed by atoms with Crippen LogP contribution in [0.2, 0.25) is 0 Å². The predicted octanol–water partition coefficient (Wildman–Crippen LogP) is 1.02. The Hall–Kier alpha value is -1.06.